The highest BCUT2D eigenvalue weighted by molar-refractivity contribution is 7.09. The van der Waals surface area contributed by atoms with E-state index in [1.807, 2.05) is 29.6 Å². The minimum absolute atomic E-state index is 0.0972. The van der Waals surface area contributed by atoms with Crippen molar-refractivity contribution in [2.24, 2.45) is 0 Å². The first kappa shape index (κ1) is 21.3. The molecule has 0 saturated carbocycles. The number of hydrogen-bond acceptors (Lipinski definition) is 7. The standard InChI is InChI=1S/C20H28N2O4S/c1-13(2)20-22-17(12-27-20)18(23)10-21-9-14(3)15-5-7-16(8-6-15)26-11-19(24)25-4/h5-8,12-14,18,21,23H,9-11H2,1-4H3. The van der Waals surface area contributed by atoms with E-state index < -0.39 is 12.1 Å². The molecule has 2 aromatic rings. The normalized spacial score (nSPS) is 13.4. The van der Waals surface area contributed by atoms with Crippen molar-refractivity contribution in [2.45, 2.75) is 38.7 Å². The topological polar surface area (TPSA) is 80.7 Å². The molecular weight excluding hydrogens is 364 g/mol. The molecule has 0 bridgehead atoms. The maximum Gasteiger partial charge on any atom is 0.343 e. The summed E-state index contributed by atoms with van der Waals surface area (Å²) < 4.78 is 9.89. The smallest absolute Gasteiger partial charge is 0.343 e. The van der Waals surface area contributed by atoms with Crippen LogP contribution in [0.5, 0.6) is 5.75 Å². The Balaban J connectivity index is 1.77. The van der Waals surface area contributed by atoms with E-state index in [-0.39, 0.29) is 12.5 Å². The Morgan fingerprint density at radius 2 is 1.93 bits per heavy atom. The van der Waals surface area contributed by atoms with E-state index in [1.165, 1.54) is 7.11 Å². The number of aromatic nitrogens is 1. The minimum atomic E-state index is -0.602. The van der Waals surface area contributed by atoms with Crippen LogP contribution < -0.4 is 10.1 Å². The van der Waals surface area contributed by atoms with Gasteiger partial charge in [0.15, 0.2) is 6.61 Å². The van der Waals surface area contributed by atoms with Crippen LogP contribution >= 0.6 is 11.3 Å². The molecule has 148 valence electrons. The molecule has 27 heavy (non-hydrogen) atoms. The Morgan fingerprint density at radius 3 is 2.52 bits per heavy atom. The number of hydrogen-bond donors (Lipinski definition) is 2. The second-order valence-electron chi connectivity index (χ2n) is 6.77. The lowest BCUT2D eigenvalue weighted by molar-refractivity contribution is -0.142. The number of methoxy groups -OCH3 is 1. The molecule has 1 aromatic carbocycles. The summed E-state index contributed by atoms with van der Waals surface area (Å²) in [6, 6.07) is 7.63. The lowest BCUT2D eigenvalue weighted by Gasteiger charge is -2.15. The van der Waals surface area contributed by atoms with E-state index in [9.17, 15) is 9.90 Å². The molecule has 0 radical (unpaired) electrons. The van der Waals surface area contributed by atoms with E-state index in [4.69, 9.17) is 4.74 Å². The summed E-state index contributed by atoms with van der Waals surface area (Å²) in [6.45, 7) is 7.41. The molecule has 0 aliphatic heterocycles. The van der Waals surface area contributed by atoms with Crippen LogP contribution in [-0.4, -0.2) is 42.9 Å². The third-order valence-corrected chi connectivity index (χ3v) is 5.36. The van der Waals surface area contributed by atoms with Gasteiger partial charge in [0.25, 0.3) is 0 Å². The zero-order chi connectivity index (χ0) is 19.8. The molecular formula is C20H28N2O4S. The molecule has 2 atom stereocenters. The van der Waals surface area contributed by atoms with E-state index in [0.29, 0.717) is 18.2 Å². The SMILES string of the molecule is COC(=O)COc1ccc(C(C)CNCC(O)c2csc(C(C)C)n2)cc1. The first-order valence-corrected chi connectivity index (χ1v) is 9.92. The molecule has 2 N–H and O–H groups in total. The summed E-state index contributed by atoms with van der Waals surface area (Å²) >= 11 is 1.59. The van der Waals surface area contributed by atoms with Crippen molar-refractivity contribution >= 4 is 17.3 Å². The van der Waals surface area contributed by atoms with Crippen LogP contribution in [0.2, 0.25) is 0 Å². The number of benzene rings is 1. The molecule has 1 heterocycles. The van der Waals surface area contributed by atoms with E-state index in [2.05, 4.69) is 35.8 Å². The van der Waals surface area contributed by atoms with Crippen molar-refractivity contribution in [3.63, 3.8) is 0 Å². The predicted molar refractivity (Wildman–Crippen MR) is 106 cm³/mol. The van der Waals surface area contributed by atoms with Gasteiger partial charge in [-0.15, -0.1) is 11.3 Å². The lowest BCUT2D eigenvalue weighted by Crippen LogP contribution is -2.25. The van der Waals surface area contributed by atoms with Gasteiger partial charge in [0, 0.05) is 24.4 Å². The number of carbonyl (C=O) groups excluding carboxylic acids is 1. The summed E-state index contributed by atoms with van der Waals surface area (Å²) in [6.07, 6.45) is -0.602. The van der Waals surface area contributed by atoms with Gasteiger partial charge in [-0.2, -0.15) is 0 Å². The second-order valence-corrected chi connectivity index (χ2v) is 7.66. The summed E-state index contributed by atoms with van der Waals surface area (Å²) in [5.74, 6) is 0.872. The van der Waals surface area contributed by atoms with Gasteiger partial charge in [0.05, 0.1) is 17.8 Å². The third kappa shape index (κ3) is 6.61. The minimum Gasteiger partial charge on any atom is -0.482 e. The number of ether oxygens (including phenoxy) is 2. The van der Waals surface area contributed by atoms with Crippen molar-refractivity contribution in [3.05, 3.63) is 45.9 Å². The monoisotopic (exact) mass is 392 g/mol. The molecule has 1 aromatic heterocycles. The number of esters is 1. The Hall–Kier alpha value is -1.96. The fourth-order valence-corrected chi connectivity index (χ4v) is 3.35. The summed E-state index contributed by atoms with van der Waals surface area (Å²) in [4.78, 5) is 15.6. The van der Waals surface area contributed by atoms with Gasteiger partial charge < -0.3 is 19.9 Å². The average Bonchev–Trinajstić information content (AvgIpc) is 3.17. The Labute approximate surface area is 164 Å². The van der Waals surface area contributed by atoms with Crippen molar-refractivity contribution in [1.82, 2.24) is 10.3 Å². The van der Waals surface area contributed by atoms with Gasteiger partial charge in [-0.3, -0.25) is 0 Å². The van der Waals surface area contributed by atoms with Gasteiger partial charge in [-0.05, 0) is 23.6 Å². The quantitative estimate of drug-likeness (QED) is 0.604. The molecule has 0 aliphatic rings. The van der Waals surface area contributed by atoms with E-state index in [0.717, 1.165) is 22.8 Å². The number of aliphatic hydroxyl groups is 1. The summed E-state index contributed by atoms with van der Waals surface area (Å²) in [5, 5.41) is 16.6. The molecule has 2 unspecified atom stereocenters. The van der Waals surface area contributed by atoms with Crippen molar-refractivity contribution in [2.75, 3.05) is 26.8 Å². The van der Waals surface area contributed by atoms with Gasteiger partial charge in [-0.1, -0.05) is 32.9 Å². The Bertz CT molecular complexity index is 715. The van der Waals surface area contributed by atoms with Gasteiger partial charge in [0.2, 0.25) is 0 Å². The van der Waals surface area contributed by atoms with Crippen molar-refractivity contribution < 1.29 is 19.4 Å². The van der Waals surface area contributed by atoms with Crippen molar-refractivity contribution in [3.8, 4) is 5.75 Å². The van der Waals surface area contributed by atoms with Crippen molar-refractivity contribution in [1.29, 1.82) is 0 Å². The predicted octanol–water partition coefficient (Wildman–Crippen LogP) is 3.25. The summed E-state index contributed by atoms with van der Waals surface area (Å²) in [5.41, 5.74) is 1.88. The maximum absolute atomic E-state index is 11.1. The maximum atomic E-state index is 11.1. The van der Waals surface area contributed by atoms with Crippen LogP contribution in [0.15, 0.2) is 29.6 Å². The Morgan fingerprint density at radius 1 is 1.22 bits per heavy atom. The number of rotatable bonds is 10. The zero-order valence-electron chi connectivity index (χ0n) is 16.3. The molecule has 0 aliphatic carbocycles. The van der Waals surface area contributed by atoms with Crippen LogP contribution in [0.25, 0.3) is 0 Å². The van der Waals surface area contributed by atoms with Crippen LogP contribution in [0, 0.1) is 0 Å². The van der Waals surface area contributed by atoms with Crippen LogP contribution in [0.1, 0.15) is 55.0 Å². The number of nitrogens with zero attached hydrogens (tertiary/aromatic N) is 1. The molecule has 0 saturated heterocycles. The second kappa shape index (κ2) is 10.4. The fourth-order valence-electron chi connectivity index (χ4n) is 2.47. The molecule has 0 amide bonds. The van der Waals surface area contributed by atoms with E-state index in [1.54, 1.807) is 11.3 Å². The highest BCUT2D eigenvalue weighted by Gasteiger charge is 2.14. The highest BCUT2D eigenvalue weighted by atomic mass is 32.1. The molecule has 7 heteroatoms. The largest absolute Gasteiger partial charge is 0.482 e. The highest BCUT2D eigenvalue weighted by Crippen LogP contribution is 2.23. The first-order valence-electron chi connectivity index (χ1n) is 9.04. The van der Waals surface area contributed by atoms with Gasteiger partial charge in [-0.25, -0.2) is 9.78 Å². The number of thiazole rings is 1. The molecule has 0 spiro atoms. The number of aliphatic hydroxyl groups excluding tert-OH is 1. The van der Waals surface area contributed by atoms with Gasteiger partial charge in [0.1, 0.15) is 11.9 Å². The number of carbonyl (C=O) groups is 1. The van der Waals surface area contributed by atoms with Crippen LogP contribution in [0.3, 0.4) is 0 Å². The summed E-state index contributed by atoms with van der Waals surface area (Å²) in [7, 11) is 1.33. The zero-order valence-corrected chi connectivity index (χ0v) is 17.1. The number of nitrogens with one attached hydrogen (secondary N) is 1. The van der Waals surface area contributed by atoms with Crippen LogP contribution in [-0.2, 0) is 9.53 Å². The molecule has 0 fully saturated rings. The van der Waals surface area contributed by atoms with Crippen LogP contribution in [0.4, 0.5) is 0 Å². The average molecular weight is 393 g/mol. The Kier molecular flexibility index (Phi) is 8.22. The molecule has 2 rings (SSSR count). The van der Waals surface area contributed by atoms with E-state index >= 15 is 0 Å². The van der Waals surface area contributed by atoms with Gasteiger partial charge >= 0.3 is 5.97 Å². The fraction of sp³-hybridized carbons (Fsp3) is 0.500. The first-order chi connectivity index (χ1) is 12.9. The lowest BCUT2D eigenvalue weighted by atomic mass is 10.0. The molecule has 6 nitrogen and oxygen atoms in total. The third-order valence-electron chi connectivity index (χ3n) is 4.20.